The fourth-order valence-corrected chi connectivity index (χ4v) is 16.2. The molecule has 5 aromatic carbocycles. The molecule has 0 bridgehead atoms. The van der Waals surface area contributed by atoms with Crippen molar-refractivity contribution < 1.29 is 57.7 Å². The number of aryl methyl sites for hydroxylation is 4. The maximum absolute atomic E-state index is 2.93. The van der Waals surface area contributed by atoms with Crippen LogP contribution >= 0.6 is 0 Å². The molecule has 6 rings (SSSR count). The number of halogens is 3. The minimum atomic E-state index is -2.93. The van der Waals surface area contributed by atoms with E-state index in [1.165, 1.54) is 80.7 Å². The van der Waals surface area contributed by atoms with Gasteiger partial charge in [0.05, 0.1) is 0 Å². The van der Waals surface area contributed by atoms with Crippen LogP contribution in [0.15, 0.2) is 136 Å². The summed E-state index contributed by atoms with van der Waals surface area (Å²) in [6.45, 7) is 18.9. The van der Waals surface area contributed by atoms with Crippen LogP contribution in [-0.4, -0.2) is 8.07 Å². The Hall–Kier alpha value is -2.62. The largest absolute Gasteiger partial charge is 1.00 e. The van der Waals surface area contributed by atoms with Gasteiger partial charge in [0.25, 0.3) is 0 Å². The molecule has 0 heterocycles. The monoisotopic (exact) mass is 768 g/mol. The van der Waals surface area contributed by atoms with Gasteiger partial charge < -0.3 is 37.2 Å². The number of benzene rings is 5. The number of allylic oxidation sites excluding steroid dienone is 4. The van der Waals surface area contributed by atoms with E-state index in [1.807, 2.05) is 0 Å². The first-order chi connectivity index (χ1) is 22.5. The summed E-state index contributed by atoms with van der Waals surface area (Å²) in [6, 6.07) is 44.6. The van der Waals surface area contributed by atoms with Gasteiger partial charge in [-0.05, 0) is 0 Å². The third kappa shape index (κ3) is 7.08. The van der Waals surface area contributed by atoms with Crippen LogP contribution in [0.5, 0.6) is 0 Å². The third-order valence-electron chi connectivity index (χ3n) is 11.0. The molecular weight excluding hydrogens is 723 g/mol. The van der Waals surface area contributed by atoms with Crippen molar-refractivity contribution in [2.75, 3.05) is 0 Å². The van der Waals surface area contributed by atoms with Crippen LogP contribution in [0.1, 0.15) is 63.8 Å². The van der Waals surface area contributed by atoms with Crippen LogP contribution in [0.2, 0.25) is 5.04 Å². The second-order valence-corrected chi connectivity index (χ2v) is 18.8. The van der Waals surface area contributed by atoms with Gasteiger partial charge in [0, 0.05) is 0 Å². The summed E-state index contributed by atoms with van der Waals surface area (Å²) in [5.74, 6) is 0. The van der Waals surface area contributed by atoms with Crippen molar-refractivity contribution in [2.45, 2.75) is 73.3 Å². The molecule has 0 saturated carbocycles. The number of hydrogen-bond acceptors (Lipinski definition) is 0. The standard InChI is InChI=1S/C45H47Si.3ClH.Ti/c1-9-36-24-37(10-2)26-43(25-36)46(42-22-31(3)21-32(4)23-42,45(8)30-33(5)34(6)35(45)7)44-28-40(38-17-13-11-14-18-38)27-41(29-44)39-19-15-12-16-20-39;;;;/h11-29H,9-10H2,1-8H3;3*1H;/q;;;;+3/p-3. The Morgan fingerprint density at radius 3 is 1.32 bits per heavy atom. The van der Waals surface area contributed by atoms with Crippen LogP contribution in [0.3, 0.4) is 0 Å². The molecule has 256 valence electrons. The zero-order valence-corrected chi connectivity index (χ0v) is 35.3. The summed E-state index contributed by atoms with van der Waals surface area (Å²) < 4.78 is 1.52. The van der Waals surface area contributed by atoms with Crippen molar-refractivity contribution in [1.82, 2.24) is 0 Å². The van der Waals surface area contributed by atoms with Crippen LogP contribution in [0.4, 0.5) is 0 Å². The van der Waals surface area contributed by atoms with Crippen molar-refractivity contribution >= 4 is 23.6 Å². The summed E-state index contributed by atoms with van der Waals surface area (Å²) in [7, 11) is -2.93. The van der Waals surface area contributed by atoms with Crippen LogP contribution in [0.25, 0.3) is 22.3 Å². The van der Waals surface area contributed by atoms with Gasteiger partial charge in [-0.2, -0.15) is 0 Å². The molecule has 0 saturated heterocycles. The van der Waals surface area contributed by atoms with E-state index in [0.29, 0.717) is 0 Å². The average Bonchev–Trinajstić information content (AvgIpc) is 3.24. The van der Waals surface area contributed by atoms with E-state index in [1.54, 1.807) is 0 Å². The molecule has 1 aliphatic rings. The van der Waals surface area contributed by atoms with Gasteiger partial charge in [0.2, 0.25) is 0 Å². The molecule has 0 radical (unpaired) electrons. The molecule has 5 aromatic rings. The van der Waals surface area contributed by atoms with Crippen molar-refractivity contribution in [2.24, 2.45) is 0 Å². The van der Waals surface area contributed by atoms with E-state index in [9.17, 15) is 0 Å². The molecule has 0 aromatic heterocycles. The van der Waals surface area contributed by atoms with E-state index in [0.717, 1.165) is 12.8 Å². The SMILES string of the molecule is CCc1cc(CC)cc([Si](c2cc(C)cc(C)c2)(c2cc(-c3ccccc3)cc(-c3ccccc3)c2)C2(C)C(C)=C(C)C(C)=[C]2[Ti+3])c1.[Cl-].[Cl-].[Cl-]. The molecule has 0 fully saturated rings. The smallest absolute Gasteiger partial charge is 1.00 e. The summed E-state index contributed by atoms with van der Waals surface area (Å²) >= 11 is 2.43. The van der Waals surface area contributed by atoms with E-state index in [4.69, 9.17) is 0 Å². The molecule has 5 heteroatoms. The predicted octanol–water partition coefficient (Wildman–Crippen LogP) is 1.18. The Balaban J connectivity index is 0.00000225. The zero-order valence-electron chi connectivity index (χ0n) is 30.5. The van der Waals surface area contributed by atoms with Gasteiger partial charge in [-0.25, -0.2) is 0 Å². The first-order valence-electron chi connectivity index (χ1n) is 17.1. The molecule has 0 aliphatic heterocycles. The molecule has 0 spiro atoms. The Bertz CT molecular complexity index is 1910. The summed E-state index contributed by atoms with van der Waals surface area (Å²) in [4.78, 5) is 0. The summed E-state index contributed by atoms with van der Waals surface area (Å²) in [5, 5.41) is 4.31. The molecular formula is C45H47Cl3SiTi. The minimum absolute atomic E-state index is 0. The van der Waals surface area contributed by atoms with Gasteiger partial charge >= 0.3 is 298 Å². The van der Waals surface area contributed by atoms with Gasteiger partial charge in [0.15, 0.2) is 0 Å². The Morgan fingerprint density at radius 1 is 0.500 bits per heavy atom. The summed E-state index contributed by atoms with van der Waals surface area (Å²) in [5.41, 5.74) is 15.0. The molecule has 0 nitrogen and oxygen atoms in total. The van der Waals surface area contributed by atoms with Crippen molar-refractivity contribution in [3.8, 4) is 22.3 Å². The third-order valence-corrected chi connectivity index (χ3v) is 18.4. The molecule has 2 unspecified atom stereocenters. The molecule has 1 aliphatic carbocycles. The van der Waals surface area contributed by atoms with E-state index in [-0.39, 0.29) is 42.3 Å². The fourth-order valence-electron chi connectivity index (χ4n) is 8.26. The Kier molecular flexibility index (Phi) is 14.1. The average molecular weight is 770 g/mol. The maximum Gasteiger partial charge on any atom is -1.00 e. The fraction of sp³-hybridized carbons (Fsp3) is 0.244. The molecule has 0 N–H and O–H groups in total. The van der Waals surface area contributed by atoms with Gasteiger partial charge in [-0.1, -0.05) is 0 Å². The van der Waals surface area contributed by atoms with E-state index in [2.05, 4.69) is 191 Å². The maximum atomic E-state index is 2.60. The molecule has 2 atom stereocenters. The number of rotatable bonds is 8. The van der Waals surface area contributed by atoms with Gasteiger partial charge in [0.1, 0.15) is 0 Å². The predicted molar refractivity (Wildman–Crippen MR) is 203 cm³/mol. The van der Waals surface area contributed by atoms with E-state index >= 15 is 0 Å². The van der Waals surface area contributed by atoms with Gasteiger partial charge in [-0.3, -0.25) is 0 Å². The quantitative estimate of drug-likeness (QED) is 0.165. The van der Waals surface area contributed by atoms with Crippen molar-refractivity contribution in [1.29, 1.82) is 0 Å². The summed E-state index contributed by atoms with van der Waals surface area (Å²) in [6.07, 6.45) is 2.05. The Morgan fingerprint density at radius 2 is 0.920 bits per heavy atom. The molecule has 50 heavy (non-hydrogen) atoms. The van der Waals surface area contributed by atoms with Crippen molar-refractivity contribution in [3.63, 3.8) is 0 Å². The van der Waals surface area contributed by atoms with E-state index < -0.39 is 8.07 Å². The molecule has 0 amide bonds. The topological polar surface area (TPSA) is 0 Å². The second-order valence-electron chi connectivity index (χ2n) is 13.8. The Labute approximate surface area is 332 Å². The van der Waals surface area contributed by atoms with Gasteiger partial charge in [-0.15, -0.1) is 0 Å². The second kappa shape index (κ2) is 16.8. The zero-order chi connectivity index (χ0) is 33.5. The van der Waals surface area contributed by atoms with Crippen molar-refractivity contribution in [3.05, 3.63) is 158 Å². The first kappa shape index (κ1) is 41.8. The van der Waals surface area contributed by atoms with Crippen LogP contribution in [0, 0.1) is 13.8 Å². The van der Waals surface area contributed by atoms with Crippen LogP contribution < -0.4 is 52.8 Å². The minimum Gasteiger partial charge on any atom is -1.00 e. The normalized spacial score (nSPS) is 16.7. The van der Waals surface area contributed by atoms with Crippen LogP contribution in [-0.2, 0) is 33.3 Å². The number of hydrogen-bond donors (Lipinski definition) is 0. The first-order valence-corrected chi connectivity index (χ1v) is 19.9.